The second-order valence-corrected chi connectivity index (χ2v) is 4.97. The third-order valence-electron chi connectivity index (χ3n) is 2.49. The van der Waals surface area contributed by atoms with Crippen LogP contribution < -0.4 is 16.0 Å². The molecule has 0 saturated carbocycles. The molecule has 3 N–H and O–H groups in total. The summed E-state index contributed by atoms with van der Waals surface area (Å²) >= 11 is 0. The summed E-state index contributed by atoms with van der Waals surface area (Å²) in [5, 5.41) is 2.81. The molecule has 0 saturated heterocycles. The standard InChI is InChI=1S/C13H21N3O/c1-13(2,14)12(17)15-9-10-5-7-11(8-6-10)16(3)4/h5-8H,9,14H2,1-4H3,(H,15,17). The zero-order valence-electron chi connectivity index (χ0n) is 10.9. The monoisotopic (exact) mass is 235 g/mol. The van der Waals surface area contributed by atoms with Gasteiger partial charge >= 0.3 is 0 Å². The Balaban J connectivity index is 2.56. The van der Waals surface area contributed by atoms with Crippen LogP contribution in [0.4, 0.5) is 5.69 Å². The number of amides is 1. The van der Waals surface area contributed by atoms with Gasteiger partial charge in [0.1, 0.15) is 0 Å². The van der Waals surface area contributed by atoms with Crippen molar-refractivity contribution in [3.8, 4) is 0 Å². The maximum Gasteiger partial charge on any atom is 0.239 e. The lowest BCUT2D eigenvalue weighted by molar-refractivity contribution is -0.125. The summed E-state index contributed by atoms with van der Waals surface area (Å²) in [7, 11) is 3.99. The van der Waals surface area contributed by atoms with Gasteiger partial charge in [-0.15, -0.1) is 0 Å². The third kappa shape index (κ3) is 4.07. The summed E-state index contributed by atoms with van der Waals surface area (Å²) in [6, 6.07) is 8.04. The van der Waals surface area contributed by atoms with Crippen molar-refractivity contribution in [1.82, 2.24) is 5.32 Å². The van der Waals surface area contributed by atoms with Crippen molar-refractivity contribution >= 4 is 11.6 Å². The molecule has 0 aromatic heterocycles. The molecule has 0 fully saturated rings. The summed E-state index contributed by atoms with van der Waals surface area (Å²) in [6.07, 6.45) is 0. The molecule has 1 rings (SSSR count). The Labute approximate surface area is 103 Å². The topological polar surface area (TPSA) is 58.4 Å². The fourth-order valence-electron chi connectivity index (χ4n) is 1.32. The normalized spacial score (nSPS) is 11.1. The van der Waals surface area contributed by atoms with Crippen LogP contribution in [0.2, 0.25) is 0 Å². The molecule has 1 aromatic carbocycles. The number of nitrogens with two attached hydrogens (primary N) is 1. The van der Waals surface area contributed by atoms with Crippen LogP contribution in [0, 0.1) is 0 Å². The number of nitrogens with one attached hydrogen (secondary N) is 1. The van der Waals surface area contributed by atoms with Gasteiger partial charge in [0.25, 0.3) is 0 Å². The minimum atomic E-state index is -0.830. The first-order chi connectivity index (χ1) is 7.80. The fourth-order valence-corrected chi connectivity index (χ4v) is 1.32. The molecule has 4 heteroatoms. The smallest absolute Gasteiger partial charge is 0.239 e. The number of carbonyl (C=O) groups is 1. The third-order valence-corrected chi connectivity index (χ3v) is 2.49. The molecule has 0 aliphatic rings. The zero-order chi connectivity index (χ0) is 13.1. The van der Waals surface area contributed by atoms with Crippen molar-refractivity contribution in [3.63, 3.8) is 0 Å². The molecule has 0 atom stereocenters. The van der Waals surface area contributed by atoms with Crippen LogP contribution in [-0.4, -0.2) is 25.5 Å². The second-order valence-electron chi connectivity index (χ2n) is 4.97. The maximum atomic E-state index is 11.6. The first-order valence-corrected chi connectivity index (χ1v) is 5.64. The molecule has 0 heterocycles. The van der Waals surface area contributed by atoms with Gasteiger partial charge in [0.15, 0.2) is 0 Å². The summed E-state index contributed by atoms with van der Waals surface area (Å²) in [5.74, 6) is -0.144. The Bertz CT molecular complexity index is 377. The minimum absolute atomic E-state index is 0.144. The van der Waals surface area contributed by atoms with Crippen molar-refractivity contribution < 1.29 is 4.79 Å². The van der Waals surface area contributed by atoms with Gasteiger partial charge in [-0.3, -0.25) is 4.79 Å². The zero-order valence-corrected chi connectivity index (χ0v) is 10.9. The predicted molar refractivity (Wildman–Crippen MR) is 70.9 cm³/mol. The summed E-state index contributed by atoms with van der Waals surface area (Å²) < 4.78 is 0. The Morgan fingerprint density at radius 2 is 1.82 bits per heavy atom. The molecule has 1 aromatic rings. The molecule has 17 heavy (non-hydrogen) atoms. The van der Waals surface area contributed by atoms with E-state index in [9.17, 15) is 4.79 Å². The highest BCUT2D eigenvalue weighted by Gasteiger charge is 2.20. The SMILES string of the molecule is CN(C)c1ccc(CNC(=O)C(C)(C)N)cc1. The second kappa shape index (κ2) is 5.19. The molecule has 0 spiro atoms. The lowest BCUT2D eigenvalue weighted by Gasteiger charge is -2.18. The van der Waals surface area contributed by atoms with Crippen molar-refractivity contribution in [1.29, 1.82) is 0 Å². The van der Waals surface area contributed by atoms with Crippen LogP contribution in [0.15, 0.2) is 24.3 Å². The quantitative estimate of drug-likeness (QED) is 0.822. The van der Waals surface area contributed by atoms with E-state index in [0.717, 1.165) is 11.3 Å². The van der Waals surface area contributed by atoms with Crippen molar-refractivity contribution in [2.45, 2.75) is 25.9 Å². The first-order valence-electron chi connectivity index (χ1n) is 5.64. The van der Waals surface area contributed by atoms with Gasteiger partial charge in [-0.25, -0.2) is 0 Å². The minimum Gasteiger partial charge on any atom is -0.378 e. The van der Waals surface area contributed by atoms with E-state index in [1.807, 2.05) is 43.3 Å². The molecule has 94 valence electrons. The molecule has 0 aliphatic heterocycles. The highest BCUT2D eigenvalue weighted by Crippen LogP contribution is 2.12. The van der Waals surface area contributed by atoms with E-state index < -0.39 is 5.54 Å². The Morgan fingerprint density at radius 1 is 1.29 bits per heavy atom. The van der Waals surface area contributed by atoms with E-state index in [4.69, 9.17) is 5.73 Å². The lowest BCUT2D eigenvalue weighted by Crippen LogP contribution is -2.48. The Morgan fingerprint density at radius 3 is 2.24 bits per heavy atom. The van der Waals surface area contributed by atoms with Crippen LogP contribution >= 0.6 is 0 Å². The Kier molecular flexibility index (Phi) is 4.12. The van der Waals surface area contributed by atoms with Crippen LogP contribution in [0.3, 0.4) is 0 Å². The van der Waals surface area contributed by atoms with Gasteiger partial charge in [0.05, 0.1) is 5.54 Å². The number of hydrogen-bond donors (Lipinski definition) is 2. The predicted octanol–water partition coefficient (Wildman–Crippen LogP) is 1.11. The van der Waals surface area contributed by atoms with Crippen LogP contribution in [0.25, 0.3) is 0 Å². The van der Waals surface area contributed by atoms with E-state index in [-0.39, 0.29) is 5.91 Å². The number of hydrogen-bond acceptors (Lipinski definition) is 3. The first kappa shape index (κ1) is 13.5. The molecule has 0 unspecified atom stereocenters. The van der Waals surface area contributed by atoms with Gasteiger partial charge in [0.2, 0.25) is 5.91 Å². The molecule has 1 amide bonds. The van der Waals surface area contributed by atoms with Gasteiger partial charge < -0.3 is 16.0 Å². The van der Waals surface area contributed by atoms with Gasteiger partial charge in [0, 0.05) is 26.3 Å². The van der Waals surface area contributed by atoms with E-state index >= 15 is 0 Å². The van der Waals surface area contributed by atoms with Crippen LogP contribution in [0.5, 0.6) is 0 Å². The molecular formula is C13H21N3O. The van der Waals surface area contributed by atoms with Gasteiger partial charge in [-0.05, 0) is 31.5 Å². The van der Waals surface area contributed by atoms with Crippen molar-refractivity contribution in [3.05, 3.63) is 29.8 Å². The molecule has 4 nitrogen and oxygen atoms in total. The number of benzene rings is 1. The van der Waals surface area contributed by atoms with Crippen molar-refractivity contribution in [2.24, 2.45) is 5.73 Å². The lowest BCUT2D eigenvalue weighted by atomic mass is 10.1. The average Bonchev–Trinajstić information content (AvgIpc) is 2.25. The summed E-state index contributed by atoms with van der Waals surface area (Å²) in [5.41, 5.74) is 7.06. The summed E-state index contributed by atoms with van der Waals surface area (Å²) in [6.45, 7) is 3.89. The van der Waals surface area contributed by atoms with Crippen LogP contribution in [-0.2, 0) is 11.3 Å². The van der Waals surface area contributed by atoms with Gasteiger partial charge in [-0.1, -0.05) is 12.1 Å². The fraction of sp³-hybridized carbons (Fsp3) is 0.462. The van der Waals surface area contributed by atoms with E-state index in [0.29, 0.717) is 6.54 Å². The largest absolute Gasteiger partial charge is 0.378 e. The number of anilines is 1. The summed E-state index contributed by atoms with van der Waals surface area (Å²) in [4.78, 5) is 13.6. The van der Waals surface area contributed by atoms with E-state index in [2.05, 4.69) is 5.32 Å². The van der Waals surface area contributed by atoms with E-state index in [1.54, 1.807) is 13.8 Å². The van der Waals surface area contributed by atoms with Gasteiger partial charge in [-0.2, -0.15) is 0 Å². The van der Waals surface area contributed by atoms with E-state index in [1.165, 1.54) is 0 Å². The molecule has 0 aliphatic carbocycles. The molecule has 0 bridgehead atoms. The Hall–Kier alpha value is -1.55. The highest BCUT2D eigenvalue weighted by molar-refractivity contribution is 5.84. The number of rotatable bonds is 4. The van der Waals surface area contributed by atoms with Crippen molar-refractivity contribution in [2.75, 3.05) is 19.0 Å². The molecular weight excluding hydrogens is 214 g/mol. The maximum absolute atomic E-state index is 11.6. The van der Waals surface area contributed by atoms with Crippen LogP contribution in [0.1, 0.15) is 19.4 Å². The number of carbonyl (C=O) groups excluding carboxylic acids is 1. The molecule has 0 radical (unpaired) electrons. The number of nitrogens with zero attached hydrogens (tertiary/aromatic N) is 1. The highest BCUT2D eigenvalue weighted by atomic mass is 16.2. The average molecular weight is 235 g/mol.